The Kier molecular flexibility index (Phi) is 6.17. The van der Waals surface area contributed by atoms with E-state index in [1.807, 2.05) is 0 Å². The number of likely N-dealkylation sites (N-methyl/N-ethyl adjacent to an activating group) is 1. The molecule has 0 heterocycles. The Labute approximate surface area is 154 Å². The van der Waals surface area contributed by atoms with E-state index in [0.29, 0.717) is 27.2 Å². The summed E-state index contributed by atoms with van der Waals surface area (Å²) in [5.74, 6) is -2.79. The van der Waals surface area contributed by atoms with E-state index in [-0.39, 0.29) is 5.69 Å². The SMILES string of the molecule is COc1ccc(Cl)cc1NC(=O)CN(C)S(=O)(=O)c1ccc(F)c(F)c1. The third kappa shape index (κ3) is 4.48. The van der Waals surface area contributed by atoms with E-state index in [1.54, 1.807) is 12.1 Å². The van der Waals surface area contributed by atoms with Gasteiger partial charge >= 0.3 is 0 Å². The van der Waals surface area contributed by atoms with Crippen molar-refractivity contribution in [2.45, 2.75) is 4.90 Å². The molecule has 1 amide bonds. The molecule has 0 saturated carbocycles. The minimum atomic E-state index is -4.18. The van der Waals surface area contributed by atoms with Crippen LogP contribution in [0, 0.1) is 11.6 Å². The average molecular weight is 405 g/mol. The fraction of sp³-hybridized carbons (Fsp3) is 0.188. The van der Waals surface area contributed by atoms with Crippen LogP contribution < -0.4 is 10.1 Å². The first kappa shape index (κ1) is 20.1. The number of hydrogen-bond acceptors (Lipinski definition) is 4. The summed E-state index contributed by atoms with van der Waals surface area (Å²) in [5, 5.41) is 2.84. The van der Waals surface area contributed by atoms with Gasteiger partial charge < -0.3 is 10.1 Å². The number of ether oxygens (including phenoxy) is 1. The minimum Gasteiger partial charge on any atom is -0.495 e. The molecule has 2 rings (SSSR count). The molecule has 0 fully saturated rings. The number of hydrogen-bond donors (Lipinski definition) is 1. The van der Waals surface area contributed by atoms with Crippen molar-refractivity contribution in [3.05, 3.63) is 53.1 Å². The lowest BCUT2D eigenvalue weighted by Gasteiger charge is -2.17. The molecule has 0 aliphatic carbocycles. The second-order valence-electron chi connectivity index (χ2n) is 5.23. The van der Waals surface area contributed by atoms with Crippen LogP contribution in [0.3, 0.4) is 0 Å². The molecule has 140 valence electrons. The maximum Gasteiger partial charge on any atom is 0.243 e. The number of rotatable bonds is 6. The molecule has 0 saturated heterocycles. The molecule has 2 aromatic rings. The summed E-state index contributed by atoms with van der Waals surface area (Å²) in [6.45, 7) is -0.559. The summed E-state index contributed by atoms with van der Waals surface area (Å²) in [7, 11) is -1.64. The highest BCUT2D eigenvalue weighted by atomic mass is 35.5. The normalized spacial score (nSPS) is 11.5. The maximum atomic E-state index is 13.3. The van der Waals surface area contributed by atoms with Crippen molar-refractivity contribution < 1.29 is 26.7 Å². The third-order valence-electron chi connectivity index (χ3n) is 3.40. The van der Waals surface area contributed by atoms with Crippen molar-refractivity contribution in [3.63, 3.8) is 0 Å². The van der Waals surface area contributed by atoms with Crippen LogP contribution in [0.4, 0.5) is 14.5 Å². The third-order valence-corrected chi connectivity index (χ3v) is 5.44. The van der Waals surface area contributed by atoms with Crippen molar-refractivity contribution in [1.29, 1.82) is 0 Å². The molecular weight excluding hydrogens is 390 g/mol. The number of carbonyl (C=O) groups excluding carboxylic acids is 1. The molecule has 26 heavy (non-hydrogen) atoms. The Morgan fingerprint density at radius 3 is 2.50 bits per heavy atom. The van der Waals surface area contributed by atoms with Gasteiger partial charge in [-0.05, 0) is 36.4 Å². The molecule has 10 heteroatoms. The zero-order chi connectivity index (χ0) is 19.5. The van der Waals surface area contributed by atoms with E-state index in [2.05, 4.69) is 5.32 Å². The van der Waals surface area contributed by atoms with Crippen LogP contribution in [0.25, 0.3) is 0 Å². The Morgan fingerprint density at radius 1 is 1.19 bits per heavy atom. The monoisotopic (exact) mass is 404 g/mol. The first-order chi connectivity index (χ1) is 12.1. The van der Waals surface area contributed by atoms with Gasteiger partial charge in [-0.25, -0.2) is 17.2 Å². The molecule has 0 bridgehead atoms. The van der Waals surface area contributed by atoms with Crippen molar-refractivity contribution in [3.8, 4) is 5.75 Å². The van der Waals surface area contributed by atoms with Crippen molar-refractivity contribution in [2.24, 2.45) is 0 Å². The largest absolute Gasteiger partial charge is 0.495 e. The Morgan fingerprint density at radius 2 is 1.88 bits per heavy atom. The molecule has 2 aromatic carbocycles. The number of carbonyl (C=O) groups is 1. The van der Waals surface area contributed by atoms with Crippen LogP contribution in [-0.4, -0.2) is 39.3 Å². The summed E-state index contributed by atoms with van der Waals surface area (Å²) in [4.78, 5) is 11.7. The van der Waals surface area contributed by atoms with E-state index < -0.39 is 39.0 Å². The van der Waals surface area contributed by atoms with Crippen LogP contribution in [0.5, 0.6) is 5.75 Å². The molecule has 0 unspecified atom stereocenters. The topological polar surface area (TPSA) is 75.7 Å². The first-order valence-corrected chi connectivity index (χ1v) is 9.01. The van der Waals surface area contributed by atoms with Gasteiger partial charge in [0.15, 0.2) is 11.6 Å². The molecule has 0 aliphatic heterocycles. The van der Waals surface area contributed by atoms with Gasteiger partial charge in [-0.2, -0.15) is 4.31 Å². The molecule has 0 aromatic heterocycles. The summed E-state index contributed by atoms with van der Waals surface area (Å²) in [6, 6.07) is 6.73. The number of sulfonamides is 1. The summed E-state index contributed by atoms with van der Waals surface area (Å²) in [5.41, 5.74) is 0.267. The van der Waals surface area contributed by atoms with Gasteiger partial charge in [0.1, 0.15) is 5.75 Å². The highest BCUT2D eigenvalue weighted by molar-refractivity contribution is 7.89. The van der Waals surface area contributed by atoms with Crippen molar-refractivity contribution in [2.75, 3.05) is 26.0 Å². The van der Waals surface area contributed by atoms with Crippen molar-refractivity contribution >= 4 is 33.2 Å². The molecule has 1 N–H and O–H groups in total. The second-order valence-corrected chi connectivity index (χ2v) is 7.71. The molecule has 0 atom stereocenters. The quantitative estimate of drug-likeness (QED) is 0.803. The lowest BCUT2D eigenvalue weighted by Crippen LogP contribution is -2.35. The highest BCUT2D eigenvalue weighted by Gasteiger charge is 2.24. The number of benzene rings is 2. The van der Waals surface area contributed by atoms with Gasteiger partial charge in [0, 0.05) is 12.1 Å². The van der Waals surface area contributed by atoms with Crippen LogP contribution in [0.15, 0.2) is 41.3 Å². The molecular formula is C16H15ClF2N2O4S. The van der Waals surface area contributed by atoms with Gasteiger partial charge in [-0.1, -0.05) is 11.6 Å². The first-order valence-electron chi connectivity index (χ1n) is 7.20. The van der Waals surface area contributed by atoms with E-state index in [0.717, 1.165) is 13.1 Å². The molecule has 0 aliphatic rings. The van der Waals surface area contributed by atoms with Gasteiger partial charge in [0.25, 0.3) is 0 Å². The Hall–Kier alpha value is -2.23. The summed E-state index contributed by atoms with van der Waals surface area (Å²) >= 11 is 5.86. The zero-order valence-corrected chi connectivity index (χ0v) is 15.4. The predicted molar refractivity (Wildman–Crippen MR) is 92.8 cm³/mol. The number of halogens is 3. The highest BCUT2D eigenvalue weighted by Crippen LogP contribution is 2.27. The van der Waals surface area contributed by atoms with Gasteiger partial charge in [-0.3, -0.25) is 4.79 Å². The van der Waals surface area contributed by atoms with Gasteiger partial charge in [-0.15, -0.1) is 0 Å². The van der Waals surface area contributed by atoms with E-state index in [9.17, 15) is 22.0 Å². The summed E-state index contributed by atoms with van der Waals surface area (Å²) < 4.78 is 56.8. The smallest absolute Gasteiger partial charge is 0.243 e. The van der Waals surface area contributed by atoms with Crippen LogP contribution in [0.2, 0.25) is 5.02 Å². The van der Waals surface area contributed by atoms with Crippen LogP contribution in [-0.2, 0) is 14.8 Å². The maximum absolute atomic E-state index is 13.3. The second kappa shape index (κ2) is 7.98. The van der Waals surface area contributed by atoms with Crippen LogP contribution >= 0.6 is 11.6 Å². The predicted octanol–water partition coefficient (Wildman–Crippen LogP) is 2.89. The molecule has 0 spiro atoms. The number of methoxy groups -OCH3 is 1. The Balaban J connectivity index is 2.15. The van der Waals surface area contributed by atoms with Gasteiger partial charge in [0.2, 0.25) is 15.9 Å². The van der Waals surface area contributed by atoms with E-state index in [4.69, 9.17) is 16.3 Å². The van der Waals surface area contributed by atoms with E-state index in [1.165, 1.54) is 13.2 Å². The van der Waals surface area contributed by atoms with Gasteiger partial charge in [0.05, 0.1) is 24.2 Å². The lowest BCUT2D eigenvalue weighted by molar-refractivity contribution is -0.116. The number of amides is 1. The lowest BCUT2D eigenvalue weighted by atomic mass is 10.3. The number of anilines is 1. The standard InChI is InChI=1S/C16H15ClF2N2O4S/c1-21(26(23,24)11-4-5-12(18)13(19)8-11)9-16(22)20-14-7-10(17)3-6-15(14)25-2/h3-8H,9H2,1-2H3,(H,20,22). The molecule has 0 radical (unpaired) electrons. The number of nitrogens with one attached hydrogen (secondary N) is 1. The number of nitrogens with zero attached hydrogens (tertiary/aromatic N) is 1. The molecule has 6 nitrogen and oxygen atoms in total. The summed E-state index contributed by atoms with van der Waals surface area (Å²) in [6.07, 6.45) is 0. The Bertz CT molecular complexity index is 938. The van der Waals surface area contributed by atoms with E-state index >= 15 is 0 Å². The minimum absolute atomic E-state index is 0.267. The van der Waals surface area contributed by atoms with Crippen LogP contribution in [0.1, 0.15) is 0 Å². The fourth-order valence-corrected chi connectivity index (χ4v) is 3.38. The zero-order valence-electron chi connectivity index (χ0n) is 13.8. The fourth-order valence-electron chi connectivity index (χ4n) is 2.07. The average Bonchev–Trinajstić information content (AvgIpc) is 2.57. The van der Waals surface area contributed by atoms with Crippen molar-refractivity contribution in [1.82, 2.24) is 4.31 Å².